The van der Waals surface area contributed by atoms with E-state index in [0.717, 1.165) is 57.8 Å². The maximum Gasteiger partial charge on any atom is 0.160 e. The molecule has 146 valence electrons. The van der Waals surface area contributed by atoms with Crippen LogP contribution in [0.5, 0.6) is 0 Å². The summed E-state index contributed by atoms with van der Waals surface area (Å²) in [6, 6.07) is 4.68. The number of aliphatic hydroxyl groups excluding tert-OH is 1. The van der Waals surface area contributed by atoms with Gasteiger partial charge in [0.05, 0.1) is 0 Å². The number of aliphatic hydroxyl groups is 1. The molecule has 2 atom stereocenters. The van der Waals surface area contributed by atoms with Crippen molar-refractivity contribution in [1.29, 1.82) is 0 Å². The van der Waals surface area contributed by atoms with Crippen LogP contribution < -0.4 is 4.90 Å². The fourth-order valence-corrected chi connectivity index (χ4v) is 4.39. The molecule has 2 aliphatic heterocycles. The number of hydrogen-bond acceptors (Lipinski definition) is 4. The van der Waals surface area contributed by atoms with Gasteiger partial charge < -0.3 is 14.9 Å². The first-order valence-electron chi connectivity index (χ1n) is 9.75. The van der Waals surface area contributed by atoms with Crippen molar-refractivity contribution in [3.8, 4) is 0 Å². The van der Waals surface area contributed by atoms with Crippen molar-refractivity contribution in [3.63, 3.8) is 0 Å². The zero-order valence-electron chi connectivity index (χ0n) is 15.9. The fraction of sp³-hybridized carbons (Fsp3) is 0.700. The summed E-state index contributed by atoms with van der Waals surface area (Å²) in [5, 5.41) is 9.76. The molecule has 0 saturated carbocycles. The van der Waals surface area contributed by atoms with E-state index in [1.165, 1.54) is 12.1 Å². The van der Waals surface area contributed by atoms with Crippen LogP contribution in [0.15, 0.2) is 18.2 Å². The molecule has 1 aromatic rings. The molecule has 2 aliphatic rings. The summed E-state index contributed by atoms with van der Waals surface area (Å²) in [5.41, 5.74) is 0.763. The van der Waals surface area contributed by atoms with Gasteiger partial charge in [-0.25, -0.2) is 8.78 Å². The van der Waals surface area contributed by atoms with Crippen LogP contribution in [0.4, 0.5) is 14.5 Å². The summed E-state index contributed by atoms with van der Waals surface area (Å²) in [5.74, 6) is -0.695. The summed E-state index contributed by atoms with van der Waals surface area (Å²) in [4.78, 5) is 7.00. The number of rotatable bonds is 6. The van der Waals surface area contributed by atoms with E-state index in [9.17, 15) is 13.9 Å². The van der Waals surface area contributed by atoms with Gasteiger partial charge in [-0.15, -0.1) is 0 Å². The van der Waals surface area contributed by atoms with E-state index in [1.807, 2.05) is 0 Å². The first-order chi connectivity index (χ1) is 12.5. The number of benzene rings is 1. The van der Waals surface area contributed by atoms with E-state index in [0.29, 0.717) is 17.9 Å². The second-order valence-electron chi connectivity index (χ2n) is 7.83. The van der Waals surface area contributed by atoms with Crippen LogP contribution in [-0.4, -0.2) is 73.9 Å². The molecule has 0 aromatic heterocycles. The first-order valence-corrected chi connectivity index (χ1v) is 9.75. The molecule has 0 bridgehead atoms. The second kappa shape index (κ2) is 8.63. The SMILES string of the molecule is CCN(C)C[C@@H]1CN(C2CCN(c3ccc(F)c(F)c3)CC2)C[C@@H]1CO. The molecule has 4 nitrogen and oxygen atoms in total. The Morgan fingerprint density at radius 3 is 2.42 bits per heavy atom. The van der Waals surface area contributed by atoms with Crippen molar-refractivity contribution in [3.05, 3.63) is 29.8 Å². The standard InChI is InChI=1S/C20H31F2N3O/c1-3-23(2)11-15-12-25(13-16(15)14-26)17-6-8-24(9-7-17)18-4-5-19(21)20(22)10-18/h4-5,10,15-17,26H,3,6-9,11-14H2,1-2H3/t15-,16-/m1/s1. The van der Waals surface area contributed by atoms with Crippen LogP contribution in [0.3, 0.4) is 0 Å². The van der Waals surface area contributed by atoms with Gasteiger partial charge in [0.2, 0.25) is 0 Å². The largest absolute Gasteiger partial charge is 0.396 e. The van der Waals surface area contributed by atoms with E-state index in [4.69, 9.17) is 0 Å². The van der Waals surface area contributed by atoms with Gasteiger partial charge in [0.25, 0.3) is 0 Å². The van der Waals surface area contributed by atoms with Gasteiger partial charge in [-0.3, -0.25) is 4.90 Å². The van der Waals surface area contributed by atoms with Gasteiger partial charge >= 0.3 is 0 Å². The minimum absolute atomic E-state index is 0.256. The lowest BCUT2D eigenvalue weighted by molar-refractivity contribution is 0.173. The summed E-state index contributed by atoms with van der Waals surface area (Å²) in [6.45, 7) is 8.21. The number of piperidine rings is 1. The molecule has 26 heavy (non-hydrogen) atoms. The minimum Gasteiger partial charge on any atom is -0.396 e. The van der Waals surface area contributed by atoms with Crippen molar-refractivity contribution in [2.45, 2.75) is 25.8 Å². The Balaban J connectivity index is 1.55. The molecule has 0 radical (unpaired) electrons. The molecular formula is C20H31F2N3O. The van der Waals surface area contributed by atoms with Gasteiger partial charge in [0.15, 0.2) is 11.6 Å². The van der Waals surface area contributed by atoms with Gasteiger partial charge in [0.1, 0.15) is 0 Å². The molecule has 0 spiro atoms. The highest BCUT2D eigenvalue weighted by molar-refractivity contribution is 5.47. The topological polar surface area (TPSA) is 30.0 Å². The summed E-state index contributed by atoms with van der Waals surface area (Å²) in [6.07, 6.45) is 2.04. The van der Waals surface area contributed by atoms with Crippen LogP contribution >= 0.6 is 0 Å². The van der Waals surface area contributed by atoms with Crippen molar-refractivity contribution in [2.24, 2.45) is 11.8 Å². The quantitative estimate of drug-likeness (QED) is 0.836. The van der Waals surface area contributed by atoms with Gasteiger partial charge in [0, 0.05) is 57.1 Å². The average Bonchev–Trinajstić information content (AvgIpc) is 3.06. The second-order valence-corrected chi connectivity index (χ2v) is 7.83. The lowest BCUT2D eigenvalue weighted by atomic mass is 9.96. The maximum absolute atomic E-state index is 13.5. The fourth-order valence-electron chi connectivity index (χ4n) is 4.39. The summed E-state index contributed by atoms with van der Waals surface area (Å²) in [7, 11) is 2.14. The van der Waals surface area contributed by atoms with Crippen LogP contribution in [0.2, 0.25) is 0 Å². The van der Waals surface area contributed by atoms with E-state index >= 15 is 0 Å². The lowest BCUT2D eigenvalue weighted by Gasteiger charge is -2.38. The monoisotopic (exact) mass is 367 g/mol. The van der Waals surface area contributed by atoms with E-state index in [1.54, 1.807) is 6.07 Å². The third kappa shape index (κ3) is 4.35. The smallest absolute Gasteiger partial charge is 0.160 e. The highest BCUT2D eigenvalue weighted by Gasteiger charge is 2.37. The Morgan fingerprint density at radius 1 is 1.12 bits per heavy atom. The van der Waals surface area contributed by atoms with Gasteiger partial charge in [-0.05, 0) is 50.4 Å². The molecule has 0 amide bonds. The number of likely N-dealkylation sites (tertiary alicyclic amines) is 1. The molecule has 2 saturated heterocycles. The third-order valence-electron chi connectivity index (χ3n) is 6.17. The lowest BCUT2D eigenvalue weighted by Crippen LogP contribution is -2.44. The summed E-state index contributed by atoms with van der Waals surface area (Å²) >= 11 is 0. The molecule has 6 heteroatoms. The van der Waals surface area contributed by atoms with E-state index in [-0.39, 0.29) is 6.61 Å². The van der Waals surface area contributed by atoms with Crippen molar-refractivity contribution in [2.75, 3.05) is 57.8 Å². The Labute approximate surface area is 155 Å². The third-order valence-corrected chi connectivity index (χ3v) is 6.17. The molecule has 0 aliphatic carbocycles. The number of nitrogens with zero attached hydrogens (tertiary/aromatic N) is 3. The highest BCUT2D eigenvalue weighted by atomic mass is 19.2. The molecule has 1 aromatic carbocycles. The van der Waals surface area contributed by atoms with Gasteiger partial charge in [-0.2, -0.15) is 0 Å². The van der Waals surface area contributed by atoms with Crippen molar-refractivity contribution >= 4 is 5.69 Å². The minimum atomic E-state index is -0.793. The predicted molar refractivity (Wildman–Crippen MR) is 100 cm³/mol. The maximum atomic E-state index is 13.5. The Kier molecular flexibility index (Phi) is 6.48. The van der Waals surface area contributed by atoms with E-state index in [2.05, 4.69) is 28.7 Å². The van der Waals surface area contributed by atoms with Crippen LogP contribution in [0.1, 0.15) is 19.8 Å². The van der Waals surface area contributed by atoms with Crippen LogP contribution in [0, 0.1) is 23.5 Å². The van der Waals surface area contributed by atoms with Gasteiger partial charge in [-0.1, -0.05) is 6.92 Å². The number of hydrogen-bond donors (Lipinski definition) is 1. The van der Waals surface area contributed by atoms with E-state index < -0.39 is 11.6 Å². The molecular weight excluding hydrogens is 336 g/mol. The highest BCUT2D eigenvalue weighted by Crippen LogP contribution is 2.30. The molecule has 1 N–H and O–H groups in total. The number of halogens is 2. The van der Waals surface area contributed by atoms with Crippen molar-refractivity contribution < 1.29 is 13.9 Å². The molecule has 2 heterocycles. The zero-order valence-corrected chi connectivity index (χ0v) is 15.9. The van der Waals surface area contributed by atoms with Crippen LogP contribution in [0.25, 0.3) is 0 Å². The Bertz CT molecular complexity index is 592. The first kappa shape index (κ1) is 19.5. The molecule has 0 unspecified atom stereocenters. The molecule has 3 rings (SSSR count). The Hall–Kier alpha value is -1.24. The summed E-state index contributed by atoms with van der Waals surface area (Å²) < 4.78 is 26.6. The molecule has 2 fully saturated rings. The zero-order chi connectivity index (χ0) is 18.7. The normalized spacial score (nSPS) is 25.4. The average molecular weight is 367 g/mol. The van der Waals surface area contributed by atoms with Crippen molar-refractivity contribution in [1.82, 2.24) is 9.80 Å². The Morgan fingerprint density at radius 2 is 1.81 bits per heavy atom. The number of anilines is 1. The predicted octanol–water partition coefficient (Wildman–Crippen LogP) is 2.43. The van der Waals surface area contributed by atoms with Crippen LogP contribution in [-0.2, 0) is 0 Å².